The van der Waals surface area contributed by atoms with Gasteiger partial charge in [0.15, 0.2) is 0 Å². The van der Waals surface area contributed by atoms with Crippen molar-refractivity contribution in [2.24, 2.45) is 0 Å². The Balaban J connectivity index is 1.47. The second-order valence-electron chi connectivity index (χ2n) is 6.54. The lowest BCUT2D eigenvalue weighted by atomic mass is 10.1. The zero-order chi connectivity index (χ0) is 19.3. The molecule has 0 radical (unpaired) electrons. The first kappa shape index (κ1) is 19.1. The quantitative estimate of drug-likeness (QED) is 0.666. The minimum Gasteiger partial charge on any atom is -0.379 e. The molecule has 0 aliphatic carbocycles. The smallest absolute Gasteiger partial charge is 0.275 e. The number of halogens is 1. The lowest BCUT2D eigenvalue weighted by molar-refractivity contribution is 0.0342. The zero-order valence-corrected chi connectivity index (χ0v) is 16.8. The molecule has 7 heteroatoms. The van der Waals surface area contributed by atoms with Crippen LogP contribution < -0.4 is 5.32 Å². The summed E-state index contributed by atoms with van der Waals surface area (Å²) in [5.41, 5.74) is 3.27. The van der Waals surface area contributed by atoms with Crippen molar-refractivity contribution in [2.75, 3.05) is 31.6 Å². The summed E-state index contributed by atoms with van der Waals surface area (Å²) in [6.07, 6.45) is 0. The van der Waals surface area contributed by atoms with Crippen LogP contribution in [0.15, 0.2) is 53.9 Å². The molecule has 4 rings (SSSR count). The van der Waals surface area contributed by atoms with E-state index in [4.69, 9.17) is 16.3 Å². The Labute approximate surface area is 172 Å². The number of benzene rings is 2. The maximum atomic E-state index is 12.7. The summed E-state index contributed by atoms with van der Waals surface area (Å²) in [4.78, 5) is 19.6. The fourth-order valence-electron chi connectivity index (χ4n) is 3.07. The lowest BCUT2D eigenvalue weighted by Gasteiger charge is -2.27. The Morgan fingerprint density at radius 2 is 1.89 bits per heavy atom. The van der Waals surface area contributed by atoms with Crippen LogP contribution in [-0.4, -0.2) is 42.1 Å². The zero-order valence-electron chi connectivity index (χ0n) is 15.2. The summed E-state index contributed by atoms with van der Waals surface area (Å²) >= 11 is 7.38. The van der Waals surface area contributed by atoms with E-state index in [-0.39, 0.29) is 5.91 Å². The number of anilines is 1. The van der Waals surface area contributed by atoms with Crippen LogP contribution in [-0.2, 0) is 11.3 Å². The summed E-state index contributed by atoms with van der Waals surface area (Å²) in [6, 6.07) is 15.3. The first-order valence-corrected chi connectivity index (χ1v) is 10.4. The fourth-order valence-corrected chi connectivity index (χ4v) is 4.00. The van der Waals surface area contributed by atoms with Crippen LogP contribution in [0.4, 0.5) is 5.69 Å². The molecule has 0 atom stereocenters. The van der Waals surface area contributed by atoms with Crippen LogP contribution in [0.3, 0.4) is 0 Å². The third-order valence-electron chi connectivity index (χ3n) is 4.59. The van der Waals surface area contributed by atoms with Gasteiger partial charge in [-0.1, -0.05) is 41.9 Å². The molecule has 144 valence electrons. The molecule has 1 saturated heterocycles. The molecule has 0 bridgehead atoms. The Kier molecular flexibility index (Phi) is 6.02. The van der Waals surface area contributed by atoms with Gasteiger partial charge in [-0.3, -0.25) is 9.69 Å². The third kappa shape index (κ3) is 4.59. The number of carbonyl (C=O) groups is 1. The number of para-hydroxylation sites is 1. The SMILES string of the molecule is O=C(Nc1ccccc1CN1CCOCC1)c1csc(-c2ccc(Cl)cc2)n1. The molecular weight excluding hydrogens is 394 g/mol. The fraction of sp³-hybridized carbons (Fsp3) is 0.238. The number of morpholine rings is 1. The monoisotopic (exact) mass is 413 g/mol. The molecule has 1 amide bonds. The number of nitrogens with one attached hydrogen (secondary N) is 1. The maximum absolute atomic E-state index is 12.7. The van der Waals surface area contributed by atoms with Gasteiger partial charge in [0.05, 0.1) is 13.2 Å². The van der Waals surface area contributed by atoms with Gasteiger partial charge < -0.3 is 10.1 Å². The molecule has 2 aromatic carbocycles. The number of nitrogens with zero attached hydrogens (tertiary/aromatic N) is 2. The van der Waals surface area contributed by atoms with Crippen LogP contribution in [0.2, 0.25) is 5.02 Å². The van der Waals surface area contributed by atoms with Crippen molar-refractivity contribution < 1.29 is 9.53 Å². The highest BCUT2D eigenvalue weighted by Crippen LogP contribution is 2.26. The number of thiazole rings is 1. The van der Waals surface area contributed by atoms with Gasteiger partial charge in [-0.05, 0) is 23.8 Å². The maximum Gasteiger partial charge on any atom is 0.275 e. The molecule has 1 aromatic heterocycles. The molecule has 0 unspecified atom stereocenters. The molecule has 1 aliphatic heterocycles. The minimum atomic E-state index is -0.203. The van der Waals surface area contributed by atoms with Gasteiger partial charge in [0, 0.05) is 41.3 Å². The van der Waals surface area contributed by atoms with Crippen LogP contribution in [0.25, 0.3) is 10.6 Å². The van der Waals surface area contributed by atoms with Gasteiger partial charge in [0.1, 0.15) is 10.7 Å². The van der Waals surface area contributed by atoms with Crippen molar-refractivity contribution in [3.8, 4) is 10.6 Å². The average molecular weight is 414 g/mol. The van der Waals surface area contributed by atoms with Gasteiger partial charge in [0.2, 0.25) is 0 Å². The highest BCUT2D eigenvalue weighted by Gasteiger charge is 2.16. The van der Waals surface area contributed by atoms with Gasteiger partial charge in [-0.25, -0.2) is 4.98 Å². The van der Waals surface area contributed by atoms with E-state index in [1.165, 1.54) is 11.3 Å². The molecule has 0 spiro atoms. The molecule has 1 fully saturated rings. The van der Waals surface area contributed by atoms with Crippen LogP contribution in [0.5, 0.6) is 0 Å². The van der Waals surface area contributed by atoms with E-state index in [1.54, 1.807) is 5.38 Å². The van der Waals surface area contributed by atoms with Gasteiger partial charge >= 0.3 is 0 Å². The predicted octanol–water partition coefficient (Wildman–Crippen LogP) is 4.55. The molecule has 1 aliphatic rings. The number of aromatic nitrogens is 1. The van der Waals surface area contributed by atoms with E-state index in [2.05, 4.69) is 15.2 Å². The second-order valence-corrected chi connectivity index (χ2v) is 7.84. The van der Waals surface area contributed by atoms with E-state index >= 15 is 0 Å². The normalized spacial score (nSPS) is 14.8. The van der Waals surface area contributed by atoms with Crippen molar-refractivity contribution >= 4 is 34.5 Å². The van der Waals surface area contributed by atoms with Gasteiger partial charge in [-0.2, -0.15) is 0 Å². The number of ether oxygens (including phenoxy) is 1. The Bertz CT molecular complexity index is 952. The summed E-state index contributed by atoms with van der Waals surface area (Å²) in [5.74, 6) is -0.203. The molecule has 3 aromatic rings. The Morgan fingerprint density at radius 3 is 2.68 bits per heavy atom. The number of hydrogen-bond acceptors (Lipinski definition) is 5. The van der Waals surface area contributed by atoms with E-state index in [9.17, 15) is 4.79 Å². The molecule has 1 N–H and O–H groups in total. The highest BCUT2D eigenvalue weighted by atomic mass is 35.5. The third-order valence-corrected chi connectivity index (χ3v) is 5.73. The standard InChI is InChI=1S/C21H20ClN3O2S/c22-17-7-5-15(6-8-17)21-24-19(14-28-21)20(26)23-18-4-2-1-3-16(18)13-25-9-11-27-12-10-25/h1-8,14H,9-13H2,(H,23,26). The predicted molar refractivity (Wildman–Crippen MR) is 113 cm³/mol. The number of rotatable bonds is 5. The first-order valence-electron chi connectivity index (χ1n) is 9.10. The summed E-state index contributed by atoms with van der Waals surface area (Å²) in [6.45, 7) is 4.09. The van der Waals surface area contributed by atoms with Crippen molar-refractivity contribution in [2.45, 2.75) is 6.54 Å². The highest BCUT2D eigenvalue weighted by molar-refractivity contribution is 7.13. The first-order chi connectivity index (χ1) is 13.7. The van der Waals surface area contributed by atoms with Crippen molar-refractivity contribution in [1.29, 1.82) is 0 Å². The summed E-state index contributed by atoms with van der Waals surface area (Å²) in [5, 5.41) is 6.27. The van der Waals surface area contributed by atoms with Crippen LogP contribution in [0, 0.1) is 0 Å². The summed E-state index contributed by atoms with van der Waals surface area (Å²) in [7, 11) is 0. The van der Waals surface area contributed by atoms with E-state index in [0.29, 0.717) is 10.7 Å². The second kappa shape index (κ2) is 8.84. The molecule has 2 heterocycles. The minimum absolute atomic E-state index is 0.203. The van der Waals surface area contributed by atoms with E-state index in [1.807, 2.05) is 48.5 Å². The topological polar surface area (TPSA) is 54.5 Å². The van der Waals surface area contributed by atoms with Crippen molar-refractivity contribution in [1.82, 2.24) is 9.88 Å². The van der Waals surface area contributed by atoms with Crippen LogP contribution in [0.1, 0.15) is 16.1 Å². The molecular formula is C21H20ClN3O2S. The van der Waals surface area contributed by atoms with E-state index < -0.39 is 0 Å². The van der Waals surface area contributed by atoms with Crippen LogP contribution >= 0.6 is 22.9 Å². The Hall–Kier alpha value is -2.25. The van der Waals surface area contributed by atoms with Gasteiger partial charge in [-0.15, -0.1) is 11.3 Å². The van der Waals surface area contributed by atoms with Gasteiger partial charge in [0.25, 0.3) is 5.91 Å². The largest absolute Gasteiger partial charge is 0.379 e. The average Bonchev–Trinajstić information content (AvgIpc) is 3.21. The van der Waals surface area contributed by atoms with Crippen molar-refractivity contribution in [3.05, 3.63) is 70.2 Å². The Morgan fingerprint density at radius 1 is 1.14 bits per heavy atom. The number of amides is 1. The molecule has 28 heavy (non-hydrogen) atoms. The van der Waals surface area contributed by atoms with E-state index in [0.717, 1.165) is 54.7 Å². The summed E-state index contributed by atoms with van der Waals surface area (Å²) < 4.78 is 5.41. The number of hydrogen-bond donors (Lipinski definition) is 1. The number of carbonyl (C=O) groups excluding carboxylic acids is 1. The lowest BCUT2D eigenvalue weighted by Crippen LogP contribution is -2.35. The molecule has 5 nitrogen and oxygen atoms in total. The molecule has 0 saturated carbocycles. The van der Waals surface area contributed by atoms with Crippen molar-refractivity contribution in [3.63, 3.8) is 0 Å².